The van der Waals surface area contributed by atoms with Gasteiger partial charge in [0.1, 0.15) is 23.1 Å². The summed E-state index contributed by atoms with van der Waals surface area (Å²) in [5, 5.41) is 14.3. The molecule has 2 aromatic carbocycles. The highest BCUT2D eigenvalue weighted by atomic mass is 32.2. The van der Waals surface area contributed by atoms with Crippen molar-refractivity contribution in [2.75, 3.05) is 45.1 Å². The predicted molar refractivity (Wildman–Crippen MR) is 157 cm³/mol. The first-order valence-electron chi connectivity index (χ1n) is 13.4. The van der Waals surface area contributed by atoms with Gasteiger partial charge < -0.3 is 24.2 Å². The van der Waals surface area contributed by atoms with Crippen molar-refractivity contribution >= 4 is 40.5 Å². The van der Waals surface area contributed by atoms with Crippen LogP contribution in [-0.2, 0) is 4.74 Å². The summed E-state index contributed by atoms with van der Waals surface area (Å²) < 4.78 is 38.5. The molecule has 210 valence electrons. The lowest BCUT2D eigenvalue weighted by atomic mass is 9.84. The van der Waals surface area contributed by atoms with Crippen molar-refractivity contribution in [3.05, 3.63) is 53.5 Å². The van der Waals surface area contributed by atoms with Crippen LogP contribution in [0.2, 0.25) is 0 Å². The van der Waals surface area contributed by atoms with Crippen LogP contribution in [0.3, 0.4) is 0 Å². The topological polar surface area (TPSA) is 91.7 Å². The number of thioether (sulfide) groups is 1. The average Bonchev–Trinajstić information content (AvgIpc) is 3.57. The number of nitriles is 1. The summed E-state index contributed by atoms with van der Waals surface area (Å²) in [6, 6.07) is 10.3. The Kier molecular flexibility index (Phi) is 7.48. The Balaban J connectivity index is 1.29. The van der Waals surface area contributed by atoms with E-state index in [-0.39, 0.29) is 26.9 Å². The van der Waals surface area contributed by atoms with E-state index in [2.05, 4.69) is 16.1 Å². The third-order valence-corrected chi connectivity index (χ3v) is 10.6. The minimum absolute atomic E-state index is 0.0259. The molecule has 0 saturated carbocycles. The van der Waals surface area contributed by atoms with Gasteiger partial charge in [0, 0.05) is 35.8 Å². The third kappa shape index (κ3) is 4.97. The van der Waals surface area contributed by atoms with Crippen LogP contribution in [-0.4, -0.2) is 60.0 Å². The second kappa shape index (κ2) is 10.9. The van der Waals surface area contributed by atoms with Crippen LogP contribution in [0.1, 0.15) is 42.6 Å². The minimum Gasteiger partial charge on any atom is -0.496 e. The fourth-order valence-corrected chi connectivity index (χ4v) is 7.72. The lowest BCUT2D eigenvalue weighted by molar-refractivity contribution is -0.0193. The Morgan fingerprint density at radius 1 is 1.30 bits per heavy atom. The molecule has 6 rings (SSSR count). The summed E-state index contributed by atoms with van der Waals surface area (Å²) in [6.07, 6.45) is 5.03. The van der Waals surface area contributed by atoms with E-state index >= 15 is 0 Å². The van der Waals surface area contributed by atoms with Crippen molar-refractivity contribution in [1.29, 1.82) is 5.26 Å². The van der Waals surface area contributed by atoms with E-state index in [4.69, 9.17) is 19.2 Å². The molecule has 0 bridgehead atoms. The van der Waals surface area contributed by atoms with Crippen LogP contribution in [0, 0.1) is 17.1 Å². The van der Waals surface area contributed by atoms with E-state index in [0.29, 0.717) is 11.4 Å². The van der Waals surface area contributed by atoms with Crippen molar-refractivity contribution < 1.29 is 18.6 Å². The van der Waals surface area contributed by atoms with Gasteiger partial charge in [0.15, 0.2) is 11.6 Å². The van der Waals surface area contributed by atoms with Crippen molar-refractivity contribution in [1.82, 2.24) is 14.6 Å². The van der Waals surface area contributed by atoms with E-state index in [1.54, 1.807) is 19.2 Å². The Labute approximate surface area is 242 Å². The number of aromatic nitrogens is 1. The molecule has 2 N–H and O–H groups in total. The summed E-state index contributed by atoms with van der Waals surface area (Å²) in [7, 11) is 3.58. The minimum atomic E-state index is -0.612. The molecule has 8 nitrogen and oxygen atoms in total. The molecule has 0 aliphatic carbocycles. The number of nitrogens with one attached hydrogen (secondary N) is 2. The Bertz CT molecular complexity index is 1480. The summed E-state index contributed by atoms with van der Waals surface area (Å²) in [5.41, 5.74) is 2.34. The van der Waals surface area contributed by atoms with E-state index in [1.807, 2.05) is 48.4 Å². The van der Waals surface area contributed by atoms with Gasteiger partial charge >= 0.3 is 0 Å². The van der Waals surface area contributed by atoms with Gasteiger partial charge in [-0.25, -0.2) is 8.70 Å². The number of benzene rings is 2. The predicted octanol–water partition coefficient (Wildman–Crippen LogP) is 6.04. The Morgan fingerprint density at radius 2 is 2.12 bits per heavy atom. The van der Waals surface area contributed by atoms with Gasteiger partial charge in [0.05, 0.1) is 40.5 Å². The molecule has 11 heteroatoms. The number of piperidine rings is 1. The molecule has 2 atom stereocenters. The number of hydrogen-bond donors (Lipinski definition) is 2. The van der Waals surface area contributed by atoms with Crippen LogP contribution < -0.4 is 19.5 Å². The van der Waals surface area contributed by atoms with Crippen LogP contribution in [0.4, 0.5) is 10.1 Å². The van der Waals surface area contributed by atoms with Crippen LogP contribution in [0.5, 0.6) is 17.2 Å². The normalized spacial score (nSPS) is 23.1. The van der Waals surface area contributed by atoms with Crippen LogP contribution >= 0.6 is 23.9 Å². The fraction of sp³-hybridized carbons (Fsp3) is 0.448. The van der Waals surface area contributed by atoms with Crippen molar-refractivity contribution in [3.8, 4) is 23.3 Å². The SMILES string of the molecule is CCN(C)SNc1ccc(F)c(Oc2ccc3ncc([C@H]4SC45COC4(CCNCC4)C5)c(OC)c3c2)c1C#N. The average molecular weight is 582 g/mol. The monoisotopic (exact) mass is 581 g/mol. The number of fused-ring (bicyclic) bond motifs is 1. The largest absolute Gasteiger partial charge is 0.496 e. The molecular formula is C29H32FN5O3S2. The van der Waals surface area contributed by atoms with E-state index in [0.717, 1.165) is 67.7 Å². The zero-order chi connectivity index (χ0) is 27.9. The highest BCUT2D eigenvalue weighted by Gasteiger charge is 2.65. The first-order valence-corrected chi connectivity index (χ1v) is 15.1. The molecule has 3 fully saturated rings. The summed E-state index contributed by atoms with van der Waals surface area (Å²) >= 11 is 3.26. The van der Waals surface area contributed by atoms with Gasteiger partial charge in [-0.05, 0) is 69.7 Å². The van der Waals surface area contributed by atoms with Gasteiger partial charge in [0.2, 0.25) is 0 Å². The number of anilines is 1. The fourth-order valence-electron chi connectivity index (χ4n) is 5.72. The summed E-state index contributed by atoms with van der Waals surface area (Å²) in [6.45, 7) is 5.54. The quantitative estimate of drug-likeness (QED) is 0.242. The molecule has 3 aliphatic heterocycles. The maximum Gasteiger partial charge on any atom is 0.182 e. The molecule has 4 heterocycles. The third-order valence-electron chi connectivity index (χ3n) is 8.03. The zero-order valence-corrected chi connectivity index (χ0v) is 24.4. The molecule has 3 saturated heterocycles. The lowest BCUT2D eigenvalue weighted by Crippen LogP contribution is -2.41. The standard InChI is InChI=1S/C29H32FN5O3S2/c1-4-35(2)40-34-24-8-6-22(30)26(20(24)14-31)38-18-5-7-23-19(13-18)25(36-3)21(15-33-23)27-29(39-27)16-28(37-17-29)9-11-32-12-10-28/h5-8,13,15,27,32,34H,4,9-12,16-17H2,1-3H3/t27-,29?/m1/s1. The second-order valence-corrected chi connectivity index (χ2v) is 13.1. The summed E-state index contributed by atoms with van der Waals surface area (Å²) in [5.74, 6) is 0.402. The molecule has 3 aromatic rings. The molecule has 1 aromatic heterocycles. The number of methoxy groups -OCH3 is 1. The lowest BCUT2D eigenvalue weighted by Gasteiger charge is -2.32. The molecule has 0 radical (unpaired) electrons. The Morgan fingerprint density at radius 3 is 2.88 bits per heavy atom. The molecular weight excluding hydrogens is 549 g/mol. The second-order valence-electron chi connectivity index (χ2n) is 10.5. The van der Waals surface area contributed by atoms with Crippen molar-refractivity contribution in [3.63, 3.8) is 0 Å². The van der Waals surface area contributed by atoms with Crippen molar-refractivity contribution in [2.24, 2.45) is 0 Å². The van der Waals surface area contributed by atoms with Gasteiger partial charge in [-0.3, -0.25) is 4.98 Å². The van der Waals surface area contributed by atoms with E-state index < -0.39 is 5.82 Å². The van der Waals surface area contributed by atoms with Gasteiger partial charge in [0.25, 0.3) is 0 Å². The molecule has 40 heavy (non-hydrogen) atoms. The molecule has 3 aliphatic rings. The highest BCUT2D eigenvalue weighted by Crippen LogP contribution is 2.72. The van der Waals surface area contributed by atoms with E-state index in [1.165, 1.54) is 18.2 Å². The number of pyridine rings is 1. The number of hydrogen-bond acceptors (Lipinski definition) is 10. The smallest absolute Gasteiger partial charge is 0.182 e. The summed E-state index contributed by atoms with van der Waals surface area (Å²) in [4.78, 5) is 4.73. The number of nitrogens with zero attached hydrogens (tertiary/aromatic N) is 3. The maximum absolute atomic E-state index is 14.9. The number of rotatable bonds is 8. The first-order chi connectivity index (χ1) is 19.4. The van der Waals surface area contributed by atoms with Crippen molar-refractivity contribution in [2.45, 2.75) is 41.8 Å². The molecule has 2 spiro atoms. The van der Waals surface area contributed by atoms with Crippen LogP contribution in [0.15, 0.2) is 36.5 Å². The van der Waals surface area contributed by atoms with E-state index in [9.17, 15) is 9.65 Å². The maximum atomic E-state index is 14.9. The van der Waals surface area contributed by atoms with Gasteiger partial charge in [-0.2, -0.15) is 5.26 Å². The van der Waals surface area contributed by atoms with Crippen LogP contribution in [0.25, 0.3) is 10.9 Å². The number of halogens is 1. The Hall–Kier alpha value is -2.75. The van der Waals surface area contributed by atoms with Gasteiger partial charge in [-0.1, -0.05) is 6.92 Å². The molecule has 0 amide bonds. The highest BCUT2D eigenvalue weighted by molar-refractivity contribution is 8.08. The molecule has 1 unspecified atom stereocenters. The first kappa shape index (κ1) is 27.4. The number of ether oxygens (including phenoxy) is 3. The zero-order valence-electron chi connectivity index (χ0n) is 22.8. The van der Waals surface area contributed by atoms with Gasteiger partial charge in [-0.15, -0.1) is 11.8 Å².